The minimum atomic E-state index is -0.279. The molecule has 2 aromatic heterocycles. The molecule has 2 aliphatic rings. The number of fused-ring (bicyclic) bond motifs is 2. The maximum atomic E-state index is 13.3. The molecule has 1 amide bonds. The number of ether oxygens (including phenoxy) is 3. The van der Waals surface area contributed by atoms with Gasteiger partial charge in [-0.3, -0.25) is 9.59 Å². The summed E-state index contributed by atoms with van der Waals surface area (Å²) in [5, 5.41) is 0.460. The summed E-state index contributed by atoms with van der Waals surface area (Å²) in [6.45, 7) is 4.58. The van der Waals surface area contributed by atoms with E-state index >= 15 is 0 Å². The number of nitrogens with zero attached hydrogens (tertiary/aromatic N) is 3. The summed E-state index contributed by atoms with van der Waals surface area (Å²) >= 11 is 0. The lowest BCUT2D eigenvalue weighted by Crippen LogP contribution is -2.42. The quantitative estimate of drug-likeness (QED) is 0.589. The van der Waals surface area contributed by atoms with Gasteiger partial charge >= 0.3 is 0 Å². The van der Waals surface area contributed by atoms with E-state index in [0.29, 0.717) is 49.6 Å². The van der Waals surface area contributed by atoms with Crippen molar-refractivity contribution in [3.05, 3.63) is 69.6 Å². The Labute approximate surface area is 199 Å². The third-order valence-electron chi connectivity index (χ3n) is 6.11. The predicted molar refractivity (Wildman–Crippen MR) is 130 cm³/mol. The molecule has 0 unspecified atom stereocenters. The van der Waals surface area contributed by atoms with E-state index in [9.17, 15) is 9.59 Å². The highest BCUT2D eigenvalue weighted by molar-refractivity contribution is 5.97. The van der Waals surface area contributed by atoms with E-state index in [1.165, 1.54) is 11.1 Å². The topological polar surface area (TPSA) is 82.9 Å². The molecule has 3 heterocycles. The van der Waals surface area contributed by atoms with E-state index < -0.39 is 0 Å². The summed E-state index contributed by atoms with van der Waals surface area (Å²) in [6, 6.07) is 10.0. The zero-order chi connectivity index (χ0) is 24.1. The summed E-state index contributed by atoms with van der Waals surface area (Å²) in [7, 11) is 3.25. The van der Waals surface area contributed by atoms with Crippen LogP contribution in [0.1, 0.15) is 28.4 Å². The van der Waals surface area contributed by atoms with Gasteiger partial charge in [-0.1, -0.05) is 24.3 Å². The second-order valence-corrected chi connectivity index (χ2v) is 8.43. The van der Waals surface area contributed by atoms with Gasteiger partial charge < -0.3 is 23.7 Å². The Morgan fingerprint density at radius 2 is 1.79 bits per heavy atom. The van der Waals surface area contributed by atoms with Crippen LogP contribution in [0.15, 0.2) is 47.5 Å². The predicted octanol–water partition coefficient (Wildman–Crippen LogP) is 2.70. The van der Waals surface area contributed by atoms with Crippen LogP contribution in [0.25, 0.3) is 10.9 Å². The lowest BCUT2D eigenvalue weighted by molar-refractivity contribution is 0.0301. The van der Waals surface area contributed by atoms with Crippen molar-refractivity contribution in [1.29, 1.82) is 0 Å². The smallest absolute Gasteiger partial charge is 0.259 e. The number of amides is 1. The molecule has 0 bridgehead atoms. The second kappa shape index (κ2) is 10.8. The van der Waals surface area contributed by atoms with Crippen molar-refractivity contribution >= 4 is 16.8 Å². The average molecular weight is 466 g/mol. The fraction of sp³-hybridized carbons (Fsp3) is 0.423. The number of carbonyl (C=O) groups is 1. The van der Waals surface area contributed by atoms with Crippen LogP contribution < -0.4 is 10.2 Å². The van der Waals surface area contributed by atoms with Crippen LogP contribution in [0.2, 0.25) is 0 Å². The van der Waals surface area contributed by atoms with Crippen LogP contribution in [0.3, 0.4) is 0 Å². The zero-order valence-electron chi connectivity index (χ0n) is 20.0. The van der Waals surface area contributed by atoms with E-state index in [1.54, 1.807) is 37.6 Å². The summed E-state index contributed by atoms with van der Waals surface area (Å²) < 4.78 is 17.6. The molecule has 3 aromatic rings. The Morgan fingerprint density at radius 1 is 1.15 bits per heavy atom. The molecule has 1 saturated heterocycles. The molecular weight excluding hydrogens is 434 g/mol. The Bertz CT molecular complexity index is 1190. The summed E-state index contributed by atoms with van der Waals surface area (Å²) in [6.07, 6.45) is 4.96. The first-order valence-electron chi connectivity index (χ1n) is 11.6. The first kappa shape index (κ1) is 23.9. The molecule has 180 valence electrons. The van der Waals surface area contributed by atoms with Gasteiger partial charge in [0.1, 0.15) is 11.7 Å². The van der Waals surface area contributed by atoms with Gasteiger partial charge in [-0.05, 0) is 18.1 Å². The number of rotatable bonds is 4. The third kappa shape index (κ3) is 4.98. The molecule has 1 fully saturated rings. The van der Waals surface area contributed by atoms with Gasteiger partial charge in [0, 0.05) is 59.0 Å². The molecule has 0 saturated carbocycles. The van der Waals surface area contributed by atoms with Gasteiger partial charge in [0.2, 0.25) is 11.3 Å². The molecule has 8 heteroatoms. The molecule has 1 aliphatic heterocycles. The molecule has 1 aliphatic carbocycles. The van der Waals surface area contributed by atoms with Gasteiger partial charge in [-0.25, -0.2) is 4.98 Å². The first-order valence-corrected chi connectivity index (χ1v) is 11.6. The molecule has 1 aromatic carbocycles. The Balaban J connectivity index is 0.000000868. The Hall–Kier alpha value is -3.23. The number of hydrogen-bond acceptors (Lipinski definition) is 6. The van der Waals surface area contributed by atoms with Crippen LogP contribution in [0.5, 0.6) is 5.88 Å². The highest BCUT2D eigenvalue weighted by atomic mass is 16.5. The van der Waals surface area contributed by atoms with Gasteiger partial charge in [0.25, 0.3) is 5.91 Å². The monoisotopic (exact) mass is 465 g/mol. The standard InChI is InChI=1S/C24H25N3O4.C2H6O/c1-2-26-15-20(24(29)27-7-9-30-10-8-27)23(28)19-13-22(25-14-21(19)26)31-18-11-16-5-3-4-6-17(16)12-18;1-3-2/h3-6,13-15,18H,2,7-12H2,1H3;1-2H3. The zero-order valence-corrected chi connectivity index (χ0v) is 20.0. The summed E-state index contributed by atoms with van der Waals surface area (Å²) in [5.41, 5.74) is 3.19. The van der Waals surface area contributed by atoms with Crippen molar-refractivity contribution in [1.82, 2.24) is 14.5 Å². The lowest BCUT2D eigenvalue weighted by Gasteiger charge is -2.27. The number of aromatic nitrogens is 2. The Kier molecular flexibility index (Phi) is 7.59. The number of pyridine rings is 2. The molecule has 0 N–H and O–H groups in total. The van der Waals surface area contributed by atoms with E-state index in [4.69, 9.17) is 9.47 Å². The number of hydrogen-bond donors (Lipinski definition) is 0. The molecule has 0 radical (unpaired) electrons. The minimum Gasteiger partial charge on any atom is -0.474 e. The fourth-order valence-corrected chi connectivity index (χ4v) is 4.46. The van der Waals surface area contributed by atoms with Gasteiger partial charge in [0.05, 0.1) is 30.3 Å². The van der Waals surface area contributed by atoms with Crippen LogP contribution in [0.4, 0.5) is 0 Å². The number of carbonyl (C=O) groups excluding carboxylic acids is 1. The van der Waals surface area contributed by atoms with Crippen molar-refractivity contribution in [3.63, 3.8) is 0 Å². The van der Waals surface area contributed by atoms with Crippen LogP contribution in [-0.4, -0.2) is 67.0 Å². The van der Waals surface area contributed by atoms with Crippen LogP contribution >= 0.6 is 0 Å². The molecule has 5 rings (SSSR count). The van der Waals surface area contributed by atoms with Crippen molar-refractivity contribution in [3.8, 4) is 5.88 Å². The fourth-order valence-electron chi connectivity index (χ4n) is 4.46. The maximum absolute atomic E-state index is 13.3. The Morgan fingerprint density at radius 3 is 2.41 bits per heavy atom. The van der Waals surface area contributed by atoms with Crippen molar-refractivity contribution < 1.29 is 19.0 Å². The van der Waals surface area contributed by atoms with Crippen LogP contribution in [-0.2, 0) is 28.9 Å². The van der Waals surface area contributed by atoms with Gasteiger partial charge in [-0.2, -0.15) is 0 Å². The molecule has 0 spiro atoms. The summed E-state index contributed by atoms with van der Waals surface area (Å²) in [5.74, 6) is 0.170. The number of benzene rings is 1. The van der Waals surface area contributed by atoms with E-state index in [1.807, 2.05) is 23.6 Å². The third-order valence-corrected chi connectivity index (χ3v) is 6.11. The lowest BCUT2D eigenvalue weighted by atomic mass is 10.1. The maximum Gasteiger partial charge on any atom is 0.259 e. The average Bonchev–Trinajstić information content (AvgIpc) is 3.27. The molecule has 8 nitrogen and oxygen atoms in total. The van der Waals surface area contributed by atoms with Crippen molar-refractivity contribution in [2.45, 2.75) is 32.4 Å². The van der Waals surface area contributed by atoms with Crippen molar-refractivity contribution in [2.75, 3.05) is 40.5 Å². The summed E-state index contributed by atoms with van der Waals surface area (Å²) in [4.78, 5) is 32.4. The van der Waals surface area contributed by atoms with E-state index in [-0.39, 0.29) is 23.0 Å². The second-order valence-electron chi connectivity index (χ2n) is 8.43. The van der Waals surface area contributed by atoms with E-state index in [2.05, 4.69) is 21.9 Å². The van der Waals surface area contributed by atoms with Gasteiger partial charge in [-0.15, -0.1) is 0 Å². The molecule has 0 atom stereocenters. The van der Waals surface area contributed by atoms with Gasteiger partial charge in [0.15, 0.2) is 0 Å². The van der Waals surface area contributed by atoms with Crippen LogP contribution in [0, 0.1) is 0 Å². The highest BCUT2D eigenvalue weighted by Crippen LogP contribution is 2.26. The largest absolute Gasteiger partial charge is 0.474 e. The normalized spacial score (nSPS) is 15.6. The van der Waals surface area contributed by atoms with Crippen molar-refractivity contribution in [2.24, 2.45) is 0 Å². The first-order chi connectivity index (χ1) is 16.5. The highest BCUT2D eigenvalue weighted by Gasteiger charge is 2.25. The minimum absolute atomic E-state index is 0.00563. The number of morpholine rings is 1. The van der Waals surface area contributed by atoms with E-state index in [0.717, 1.165) is 12.8 Å². The molecule has 34 heavy (non-hydrogen) atoms. The molecular formula is C26H31N3O5. The number of methoxy groups -OCH3 is 1. The number of aryl methyl sites for hydroxylation is 1. The SMILES string of the molecule is CCn1cc(C(=O)N2CCOCC2)c(=O)c2cc(OC3Cc4ccccc4C3)ncc21.COC.